The molecular formula is C14H18N4O2. The summed E-state index contributed by atoms with van der Waals surface area (Å²) in [6.45, 7) is 1.30. The van der Waals surface area contributed by atoms with Crippen LogP contribution in [0.25, 0.3) is 0 Å². The van der Waals surface area contributed by atoms with Crippen LogP contribution in [-0.4, -0.2) is 45.7 Å². The van der Waals surface area contributed by atoms with E-state index in [4.69, 9.17) is 5.73 Å². The van der Waals surface area contributed by atoms with E-state index in [1.54, 1.807) is 22.1 Å². The van der Waals surface area contributed by atoms with Gasteiger partial charge in [0.1, 0.15) is 18.4 Å². The van der Waals surface area contributed by atoms with Crippen LogP contribution in [-0.2, 0) is 16.1 Å². The van der Waals surface area contributed by atoms with Crippen molar-refractivity contribution in [1.29, 1.82) is 0 Å². The minimum atomic E-state index is -0.258. The number of nitrogens with two attached hydrogens (primary N) is 1. The Morgan fingerprint density at radius 1 is 1.30 bits per heavy atom. The molecule has 2 aliphatic heterocycles. The Labute approximate surface area is 117 Å². The van der Waals surface area contributed by atoms with E-state index in [0.717, 1.165) is 24.8 Å². The highest BCUT2D eigenvalue weighted by atomic mass is 16.2. The number of hydrogen-bond acceptors (Lipinski definition) is 4. The molecule has 1 aromatic rings. The highest BCUT2D eigenvalue weighted by molar-refractivity contribution is 5.95. The molecule has 1 unspecified atom stereocenters. The molecule has 0 aliphatic carbocycles. The minimum absolute atomic E-state index is 0.0534. The van der Waals surface area contributed by atoms with Crippen molar-refractivity contribution in [3.63, 3.8) is 0 Å². The third kappa shape index (κ3) is 2.33. The van der Waals surface area contributed by atoms with Gasteiger partial charge in [0, 0.05) is 19.3 Å². The standard InChI is InChI=1S/C14H18N4O2/c15-12-5-4-10(7-16-12)8-17-9-13(19)18-6-2-1-3-11(18)14(17)20/h4-5,7,11H,1-3,6,8-9H2,(H2,15,16). The summed E-state index contributed by atoms with van der Waals surface area (Å²) < 4.78 is 0. The maximum atomic E-state index is 12.5. The summed E-state index contributed by atoms with van der Waals surface area (Å²) in [6, 6.07) is 3.29. The Morgan fingerprint density at radius 2 is 2.15 bits per heavy atom. The molecule has 106 valence electrons. The fourth-order valence-electron chi connectivity index (χ4n) is 2.91. The van der Waals surface area contributed by atoms with Gasteiger partial charge < -0.3 is 15.5 Å². The zero-order valence-electron chi connectivity index (χ0n) is 11.3. The largest absolute Gasteiger partial charge is 0.384 e. The SMILES string of the molecule is Nc1ccc(CN2CC(=O)N3CCCCC3C2=O)cn1. The van der Waals surface area contributed by atoms with E-state index < -0.39 is 0 Å². The van der Waals surface area contributed by atoms with Gasteiger partial charge in [0.25, 0.3) is 0 Å². The molecule has 6 nitrogen and oxygen atoms in total. The van der Waals surface area contributed by atoms with Crippen molar-refractivity contribution in [2.24, 2.45) is 0 Å². The zero-order chi connectivity index (χ0) is 14.1. The Bertz CT molecular complexity index is 528. The average molecular weight is 274 g/mol. The van der Waals surface area contributed by atoms with E-state index in [1.165, 1.54) is 0 Å². The van der Waals surface area contributed by atoms with Crippen molar-refractivity contribution in [1.82, 2.24) is 14.8 Å². The molecule has 3 heterocycles. The van der Waals surface area contributed by atoms with Gasteiger partial charge in [-0.3, -0.25) is 9.59 Å². The topological polar surface area (TPSA) is 79.5 Å². The summed E-state index contributed by atoms with van der Waals surface area (Å²) in [4.78, 5) is 32.0. The van der Waals surface area contributed by atoms with Gasteiger partial charge in [0.05, 0.1) is 0 Å². The van der Waals surface area contributed by atoms with Gasteiger partial charge in [-0.1, -0.05) is 6.07 Å². The second kappa shape index (κ2) is 5.11. The molecule has 20 heavy (non-hydrogen) atoms. The maximum absolute atomic E-state index is 12.5. The number of aromatic nitrogens is 1. The van der Waals surface area contributed by atoms with E-state index in [1.807, 2.05) is 6.07 Å². The first-order chi connectivity index (χ1) is 9.65. The third-order valence-electron chi connectivity index (χ3n) is 3.97. The van der Waals surface area contributed by atoms with Crippen molar-refractivity contribution >= 4 is 17.6 Å². The highest BCUT2D eigenvalue weighted by Crippen LogP contribution is 2.24. The Balaban J connectivity index is 1.75. The van der Waals surface area contributed by atoms with Crippen molar-refractivity contribution in [3.05, 3.63) is 23.9 Å². The van der Waals surface area contributed by atoms with Gasteiger partial charge in [-0.15, -0.1) is 0 Å². The molecule has 0 spiro atoms. The Kier molecular flexibility index (Phi) is 3.30. The van der Waals surface area contributed by atoms with Crippen LogP contribution in [0.1, 0.15) is 24.8 Å². The van der Waals surface area contributed by atoms with Crippen LogP contribution in [0.4, 0.5) is 5.82 Å². The first-order valence-electron chi connectivity index (χ1n) is 6.94. The minimum Gasteiger partial charge on any atom is -0.384 e. The number of amides is 2. The molecule has 1 atom stereocenters. The lowest BCUT2D eigenvalue weighted by Gasteiger charge is -2.42. The van der Waals surface area contributed by atoms with Crippen molar-refractivity contribution in [2.45, 2.75) is 31.8 Å². The Morgan fingerprint density at radius 3 is 2.90 bits per heavy atom. The number of hydrogen-bond donors (Lipinski definition) is 1. The summed E-state index contributed by atoms with van der Waals surface area (Å²) in [6.07, 6.45) is 4.44. The van der Waals surface area contributed by atoms with Crippen LogP contribution in [0.5, 0.6) is 0 Å². The number of rotatable bonds is 2. The fourth-order valence-corrected chi connectivity index (χ4v) is 2.91. The van der Waals surface area contributed by atoms with Crippen LogP contribution in [0.3, 0.4) is 0 Å². The van der Waals surface area contributed by atoms with Gasteiger partial charge in [-0.2, -0.15) is 0 Å². The van der Waals surface area contributed by atoms with Crippen molar-refractivity contribution < 1.29 is 9.59 Å². The highest BCUT2D eigenvalue weighted by Gasteiger charge is 2.40. The zero-order valence-corrected chi connectivity index (χ0v) is 11.3. The van der Waals surface area contributed by atoms with Crippen LogP contribution in [0, 0.1) is 0 Å². The summed E-state index contributed by atoms with van der Waals surface area (Å²) in [5.41, 5.74) is 6.44. The van der Waals surface area contributed by atoms with Crippen molar-refractivity contribution in [3.8, 4) is 0 Å². The normalized spacial score (nSPS) is 22.9. The molecule has 2 aliphatic rings. The van der Waals surface area contributed by atoms with Gasteiger partial charge >= 0.3 is 0 Å². The molecule has 0 aromatic carbocycles. The molecule has 1 aromatic heterocycles. The predicted molar refractivity (Wildman–Crippen MR) is 73.4 cm³/mol. The van der Waals surface area contributed by atoms with Gasteiger partial charge in [-0.25, -0.2) is 4.98 Å². The summed E-state index contributed by atoms with van der Waals surface area (Å²) in [7, 11) is 0. The molecule has 2 amide bonds. The molecule has 2 fully saturated rings. The average Bonchev–Trinajstić information content (AvgIpc) is 2.47. The van der Waals surface area contributed by atoms with E-state index in [-0.39, 0.29) is 24.4 Å². The van der Waals surface area contributed by atoms with E-state index in [0.29, 0.717) is 18.9 Å². The molecule has 0 radical (unpaired) electrons. The third-order valence-corrected chi connectivity index (χ3v) is 3.97. The summed E-state index contributed by atoms with van der Waals surface area (Å²) in [5.74, 6) is 0.562. The lowest BCUT2D eigenvalue weighted by molar-refractivity contribution is -0.158. The van der Waals surface area contributed by atoms with Crippen molar-refractivity contribution in [2.75, 3.05) is 18.8 Å². The molecule has 2 saturated heterocycles. The molecule has 2 N–H and O–H groups in total. The van der Waals surface area contributed by atoms with Gasteiger partial charge in [-0.05, 0) is 30.9 Å². The number of fused-ring (bicyclic) bond motifs is 1. The number of carbonyl (C=O) groups excluding carboxylic acids is 2. The van der Waals surface area contributed by atoms with Crippen LogP contribution >= 0.6 is 0 Å². The fraction of sp³-hybridized carbons (Fsp3) is 0.500. The quantitative estimate of drug-likeness (QED) is 0.846. The molecule has 3 rings (SSSR count). The lowest BCUT2D eigenvalue weighted by Crippen LogP contribution is -2.60. The maximum Gasteiger partial charge on any atom is 0.246 e. The lowest BCUT2D eigenvalue weighted by atomic mass is 9.98. The Hall–Kier alpha value is -2.11. The number of piperidine rings is 1. The van der Waals surface area contributed by atoms with Gasteiger partial charge in [0.2, 0.25) is 11.8 Å². The number of piperazine rings is 1. The molecule has 0 bridgehead atoms. The number of pyridine rings is 1. The molecular weight excluding hydrogens is 256 g/mol. The molecule has 0 saturated carbocycles. The first-order valence-corrected chi connectivity index (χ1v) is 6.94. The number of nitrogens with zero attached hydrogens (tertiary/aromatic N) is 3. The number of nitrogen functional groups attached to an aromatic ring is 1. The van der Waals surface area contributed by atoms with Gasteiger partial charge in [0.15, 0.2) is 0 Å². The predicted octanol–water partition coefficient (Wildman–Crippen LogP) is 0.387. The van der Waals surface area contributed by atoms with E-state index >= 15 is 0 Å². The van der Waals surface area contributed by atoms with E-state index in [9.17, 15) is 9.59 Å². The smallest absolute Gasteiger partial charge is 0.246 e. The molecule has 6 heteroatoms. The first kappa shape index (κ1) is 12.9. The van der Waals surface area contributed by atoms with Crippen LogP contribution in [0.15, 0.2) is 18.3 Å². The second-order valence-electron chi connectivity index (χ2n) is 5.38. The van der Waals surface area contributed by atoms with Crippen LogP contribution in [0.2, 0.25) is 0 Å². The summed E-state index contributed by atoms with van der Waals surface area (Å²) in [5, 5.41) is 0. The van der Waals surface area contributed by atoms with Crippen LogP contribution < -0.4 is 5.73 Å². The number of anilines is 1. The number of carbonyl (C=O) groups is 2. The summed E-state index contributed by atoms with van der Waals surface area (Å²) >= 11 is 0. The van der Waals surface area contributed by atoms with E-state index in [2.05, 4.69) is 4.98 Å². The second-order valence-corrected chi connectivity index (χ2v) is 5.38. The monoisotopic (exact) mass is 274 g/mol.